The molecular formula is C8H12BNO4S. The van der Waals surface area contributed by atoms with Crippen molar-refractivity contribution in [2.45, 2.75) is 4.90 Å². The maximum Gasteiger partial charge on any atom is 0.494 e. The molecule has 0 spiro atoms. The van der Waals surface area contributed by atoms with Gasteiger partial charge in [-0.05, 0) is 12.3 Å². The van der Waals surface area contributed by atoms with Crippen LogP contribution in [0.1, 0.15) is 0 Å². The maximum absolute atomic E-state index is 9.10. The fraction of sp³-hybridized carbons (Fsp3) is 0.375. The van der Waals surface area contributed by atoms with Gasteiger partial charge in [-0.25, -0.2) is 0 Å². The van der Waals surface area contributed by atoms with Gasteiger partial charge in [0.15, 0.2) is 0 Å². The lowest BCUT2D eigenvalue weighted by Gasteiger charge is -2.11. The molecule has 0 aliphatic rings. The number of pyridine rings is 1. The van der Waals surface area contributed by atoms with Crippen LogP contribution in [0.4, 0.5) is 0 Å². The van der Waals surface area contributed by atoms with Crippen LogP contribution in [0.15, 0.2) is 11.0 Å². The quantitative estimate of drug-likeness (QED) is 0.535. The van der Waals surface area contributed by atoms with Crippen molar-refractivity contribution in [2.24, 2.45) is 0 Å². The Morgan fingerprint density at radius 2 is 1.87 bits per heavy atom. The zero-order valence-electron chi connectivity index (χ0n) is 8.72. The number of aromatic nitrogens is 1. The van der Waals surface area contributed by atoms with E-state index in [0.717, 1.165) is 4.90 Å². The minimum Gasteiger partial charge on any atom is -0.481 e. The summed E-state index contributed by atoms with van der Waals surface area (Å²) in [6.45, 7) is 0. The van der Waals surface area contributed by atoms with Gasteiger partial charge in [-0.15, -0.1) is 11.8 Å². The zero-order valence-corrected chi connectivity index (χ0v) is 9.54. The number of hydrogen-bond acceptors (Lipinski definition) is 6. The molecule has 15 heavy (non-hydrogen) atoms. The molecule has 0 saturated heterocycles. The Morgan fingerprint density at radius 1 is 1.27 bits per heavy atom. The van der Waals surface area contributed by atoms with E-state index in [-0.39, 0.29) is 11.3 Å². The molecular weight excluding hydrogens is 217 g/mol. The third-order valence-corrected chi connectivity index (χ3v) is 2.56. The highest BCUT2D eigenvalue weighted by molar-refractivity contribution is 7.98. The summed E-state index contributed by atoms with van der Waals surface area (Å²) in [7, 11) is 1.30. The highest BCUT2D eigenvalue weighted by Gasteiger charge is 2.21. The van der Waals surface area contributed by atoms with E-state index in [2.05, 4.69) is 4.98 Å². The van der Waals surface area contributed by atoms with E-state index in [9.17, 15) is 0 Å². The van der Waals surface area contributed by atoms with Gasteiger partial charge in [0.25, 0.3) is 0 Å². The van der Waals surface area contributed by atoms with E-state index in [4.69, 9.17) is 19.5 Å². The molecule has 1 rings (SSSR count). The van der Waals surface area contributed by atoms with Crippen molar-refractivity contribution in [1.82, 2.24) is 4.98 Å². The Labute approximate surface area is 92.6 Å². The topological polar surface area (TPSA) is 71.8 Å². The molecule has 0 amide bonds. The van der Waals surface area contributed by atoms with Gasteiger partial charge in [0, 0.05) is 5.46 Å². The molecule has 1 heterocycles. The predicted octanol–water partition coefficient (Wildman–Crippen LogP) is -0.500. The molecule has 0 atom stereocenters. The van der Waals surface area contributed by atoms with E-state index in [1.54, 1.807) is 6.07 Å². The van der Waals surface area contributed by atoms with Gasteiger partial charge in [-0.1, -0.05) is 0 Å². The normalized spacial score (nSPS) is 9.93. The van der Waals surface area contributed by atoms with Crippen molar-refractivity contribution < 1.29 is 19.5 Å². The van der Waals surface area contributed by atoms with Crippen LogP contribution in [0.5, 0.6) is 11.8 Å². The number of methoxy groups -OCH3 is 2. The monoisotopic (exact) mass is 229 g/mol. The number of thioether (sulfide) groups is 1. The van der Waals surface area contributed by atoms with Gasteiger partial charge in [0.1, 0.15) is 0 Å². The Kier molecular flexibility index (Phi) is 4.25. The number of hydrogen-bond donors (Lipinski definition) is 2. The van der Waals surface area contributed by atoms with E-state index >= 15 is 0 Å². The molecule has 7 heteroatoms. The van der Waals surface area contributed by atoms with E-state index in [0.29, 0.717) is 5.88 Å². The summed E-state index contributed by atoms with van der Waals surface area (Å²) >= 11 is 1.41. The fourth-order valence-electron chi connectivity index (χ4n) is 1.12. The number of nitrogens with zero attached hydrogens (tertiary/aromatic N) is 1. The second-order valence-corrected chi connectivity index (χ2v) is 3.52. The molecule has 0 unspecified atom stereocenters. The molecule has 2 N–H and O–H groups in total. The number of ether oxygens (including phenoxy) is 2. The van der Waals surface area contributed by atoms with Crippen molar-refractivity contribution in [2.75, 3.05) is 20.5 Å². The van der Waals surface area contributed by atoms with Crippen molar-refractivity contribution >= 4 is 24.3 Å². The molecule has 1 aromatic heterocycles. The molecule has 0 aliphatic carbocycles. The van der Waals surface area contributed by atoms with Crippen molar-refractivity contribution in [3.63, 3.8) is 0 Å². The maximum atomic E-state index is 9.10. The Hall–Kier alpha value is -0.915. The van der Waals surface area contributed by atoms with E-state index in [1.807, 2.05) is 6.26 Å². The smallest absolute Gasteiger partial charge is 0.481 e. The largest absolute Gasteiger partial charge is 0.494 e. The summed E-state index contributed by atoms with van der Waals surface area (Å²) in [5, 5.41) is 18.2. The van der Waals surface area contributed by atoms with Crippen LogP contribution in [0.3, 0.4) is 0 Å². The van der Waals surface area contributed by atoms with Crippen LogP contribution in [0.25, 0.3) is 0 Å². The zero-order chi connectivity index (χ0) is 11.4. The lowest BCUT2D eigenvalue weighted by atomic mass is 9.81. The molecule has 0 bridgehead atoms. The van der Waals surface area contributed by atoms with Crippen LogP contribution < -0.4 is 14.9 Å². The summed E-state index contributed by atoms with van der Waals surface area (Å²) in [6.07, 6.45) is 1.85. The molecule has 0 radical (unpaired) electrons. The molecule has 1 aromatic rings. The van der Waals surface area contributed by atoms with Crippen LogP contribution in [0.2, 0.25) is 0 Å². The standard InChI is InChI=1S/C8H12BNO4S/c1-13-7-5(9(11)12)4-6(15-3)8(10-7)14-2/h4,11-12H,1-3H3. The van der Waals surface area contributed by atoms with Crippen molar-refractivity contribution in [1.29, 1.82) is 0 Å². The predicted molar refractivity (Wildman–Crippen MR) is 58.9 cm³/mol. The third-order valence-electron chi connectivity index (χ3n) is 1.83. The Balaban J connectivity index is 3.27. The van der Waals surface area contributed by atoms with Crippen molar-refractivity contribution in [3.8, 4) is 11.8 Å². The average Bonchev–Trinajstić information content (AvgIpc) is 2.26. The highest BCUT2D eigenvalue weighted by Crippen LogP contribution is 2.26. The molecule has 0 fully saturated rings. The summed E-state index contributed by atoms with van der Waals surface area (Å²) < 4.78 is 9.97. The minimum absolute atomic E-state index is 0.152. The van der Waals surface area contributed by atoms with Crippen LogP contribution in [-0.4, -0.2) is 42.6 Å². The second-order valence-electron chi connectivity index (χ2n) is 2.67. The Morgan fingerprint density at radius 3 is 2.27 bits per heavy atom. The van der Waals surface area contributed by atoms with E-state index < -0.39 is 7.12 Å². The van der Waals surface area contributed by atoms with Crippen LogP contribution in [0, 0.1) is 0 Å². The first kappa shape index (κ1) is 12.2. The first-order valence-corrected chi connectivity index (χ1v) is 5.39. The minimum atomic E-state index is -1.61. The van der Waals surface area contributed by atoms with Crippen LogP contribution >= 0.6 is 11.8 Å². The van der Waals surface area contributed by atoms with Crippen LogP contribution in [-0.2, 0) is 0 Å². The summed E-state index contributed by atoms with van der Waals surface area (Å²) in [5.74, 6) is 0.559. The molecule has 82 valence electrons. The summed E-state index contributed by atoms with van der Waals surface area (Å²) in [5.41, 5.74) is 0.225. The number of rotatable bonds is 4. The fourth-order valence-corrected chi connectivity index (χ4v) is 1.67. The summed E-state index contributed by atoms with van der Waals surface area (Å²) in [4.78, 5) is 4.74. The molecule has 5 nitrogen and oxygen atoms in total. The molecule has 0 saturated carbocycles. The first-order valence-electron chi connectivity index (χ1n) is 4.17. The summed E-state index contributed by atoms with van der Waals surface area (Å²) in [6, 6.07) is 1.58. The van der Waals surface area contributed by atoms with Gasteiger partial charge in [0.2, 0.25) is 11.8 Å². The van der Waals surface area contributed by atoms with Gasteiger partial charge < -0.3 is 19.5 Å². The lowest BCUT2D eigenvalue weighted by Crippen LogP contribution is -2.32. The van der Waals surface area contributed by atoms with Gasteiger partial charge >= 0.3 is 7.12 Å². The average molecular weight is 229 g/mol. The molecule has 0 aliphatic heterocycles. The second kappa shape index (κ2) is 5.25. The van der Waals surface area contributed by atoms with Crippen molar-refractivity contribution in [3.05, 3.63) is 6.07 Å². The molecule has 0 aromatic carbocycles. The van der Waals surface area contributed by atoms with Gasteiger partial charge in [-0.3, -0.25) is 0 Å². The first-order chi connectivity index (χ1) is 7.13. The van der Waals surface area contributed by atoms with Gasteiger partial charge in [-0.2, -0.15) is 4.98 Å². The van der Waals surface area contributed by atoms with E-state index in [1.165, 1.54) is 26.0 Å². The Bertz CT molecular complexity index is 348. The lowest BCUT2D eigenvalue weighted by molar-refractivity contribution is 0.356. The van der Waals surface area contributed by atoms with Gasteiger partial charge in [0.05, 0.1) is 19.1 Å². The third kappa shape index (κ3) is 2.56. The highest BCUT2D eigenvalue weighted by atomic mass is 32.2. The SMILES string of the molecule is COc1nc(OC)c(B(O)O)cc1SC.